The number of alkyl halides is 3. The molecule has 0 fully saturated rings. The minimum absolute atomic E-state index is 0.101. The van der Waals surface area contributed by atoms with Gasteiger partial charge in [-0.2, -0.15) is 0 Å². The molecule has 0 aliphatic heterocycles. The number of para-hydroxylation sites is 1. The van der Waals surface area contributed by atoms with E-state index in [0.29, 0.717) is 23.8 Å². The number of carbonyl (C=O) groups is 2. The summed E-state index contributed by atoms with van der Waals surface area (Å²) in [5, 5.41) is 5.93. The molecule has 0 atom stereocenters. The highest BCUT2D eigenvalue weighted by molar-refractivity contribution is 6.14. The predicted octanol–water partition coefficient (Wildman–Crippen LogP) is 5.96. The Hall–Kier alpha value is -3.49. The Bertz CT molecular complexity index is 1070. The number of furan rings is 1. The zero-order chi connectivity index (χ0) is 22.6. The topological polar surface area (TPSA) is 80.6 Å². The van der Waals surface area contributed by atoms with E-state index in [0.717, 1.165) is 12.1 Å². The van der Waals surface area contributed by atoms with Crippen LogP contribution in [0.1, 0.15) is 37.2 Å². The predicted molar refractivity (Wildman–Crippen MR) is 110 cm³/mol. The van der Waals surface area contributed by atoms with Crippen LogP contribution in [0.15, 0.2) is 52.9 Å². The van der Waals surface area contributed by atoms with Gasteiger partial charge in [-0.25, -0.2) is 0 Å². The van der Waals surface area contributed by atoms with Crippen LogP contribution in [0.5, 0.6) is 5.75 Å². The fourth-order valence-electron chi connectivity index (χ4n) is 3.14. The van der Waals surface area contributed by atoms with Crippen LogP contribution in [0.3, 0.4) is 0 Å². The molecule has 31 heavy (non-hydrogen) atoms. The number of anilines is 2. The normalized spacial score (nSPS) is 11.5. The average molecular weight is 434 g/mol. The Morgan fingerprint density at radius 3 is 2.26 bits per heavy atom. The number of fused-ring (bicyclic) bond motifs is 1. The second-order valence-electron chi connectivity index (χ2n) is 6.83. The van der Waals surface area contributed by atoms with Crippen LogP contribution in [0.2, 0.25) is 0 Å². The maximum Gasteiger partial charge on any atom is 0.573 e. The molecule has 2 amide bonds. The van der Waals surface area contributed by atoms with E-state index in [-0.39, 0.29) is 29.0 Å². The molecule has 2 aromatic carbocycles. The Morgan fingerprint density at radius 2 is 1.65 bits per heavy atom. The van der Waals surface area contributed by atoms with Crippen LogP contribution < -0.4 is 15.4 Å². The number of ether oxygens (including phenoxy) is 1. The van der Waals surface area contributed by atoms with Crippen molar-refractivity contribution in [3.05, 3.63) is 54.3 Å². The van der Waals surface area contributed by atoms with Gasteiger partial charge in [0.05, 0.1) is 0 Å². The van der Waals surface area contributed by atoms with Crippen molar-refractivity contribution >= 4 is 34.2 Å². The van der Waals surface area contributed by atoms with Gasteiger partial charge in [-0.1, -0.05) is 26.0 Å². The second-order valence-corrected chi connectivity index (χ2v) is 6.83. The summed E-state index contributed by atoms with van der Waals surface area (Å²) in [5.41, 5.74) is 0.903. The van der Waals surface area contributed by atoms with Crippen LogP contribution in [-0.4, -0.2) is 18.2 Å². The van der Waals surface area contributed by atoms with Crippen molar-refractivity contribution in [3.8, 4) is 5.75 Å². The average Bonchev–Trinajstić information content (AvgIpc) is 3.08. The number of hydrogen-bond donors (Lipinski definition) is 2. The quantitative estimate of drug-likeness (QED) is 0.481. The summed E-state index contributed by atoms with van der Waals surface area (Å²) in [4.78, 5) is 25.5. The molecular formula is C22H21F3N2O4. The van der Waals surface area contributed by atoms with Crippen LogP contribution in [0.4, 0.5) is 24.5 Å². The van der Waals surface area contributed by atoms with Crippen LogP contribution in [-0.2, 0) is 4.79 Å². The first kappa shape index (κ1) is 22.2. The van der Waals surface area contributed by atoms with Crippen LogP contribution in [0.25, 0.3) is 11.0 Å². The van der Waals surface area contributed by atoms with Crippen molar-refractivity contribution < 1.29 is 31.9 Å². The number of rotatable bonds is 7. The molecule has 0 bridgehead atoms. The molecule has 3 rings (SSSR count). The molecule has 6 nitrogen and oxygen atoms in total. The lowest BCUT2D eigenvalue weighted by Crippen LogP contribution is -2.23. The number of nitrogens with one attached hydrogen (secondary N) is 2. The summed E-state index contributed by atoms with van der Waals surface area (Å²) < 4.78 is 46.4. The third kappa shape index (κ3) is 5.36. The highest BCUT2D eigenvalue weighted by Gasteiger charge is 2.31. The number of hydrogen-bond acceptors (Lipinski definition) is 4. The molecule has 9 heteroatoms. The van der Waals surface area contributed by atoms with E-state index in [2.05, 4.69) is 15.4 Å². The van der Waals surface area contributed by atoms with Gasteiger partial charge >= 0.3 is 6.36 Å². The zero-order valence-electron chi connectivity index (χ0n) is 16.9. The SMILES string of the molecule is CCC(CC)C(=O)Nc1c(C(=O)Nc2ccc(OC(F)(F)F)cc2)oc2ccccc12. The fraction of sp³-hybridized carbons (Fsp3) is 0.273. The smallest absolute Gasteiger partial charge is 0.449 e. The highest BCUT2D eigenvalue weighted by Crippen LogP contribution is 2.32. The van der Waals surface area contributed by atoms with Gasteiger partial charge in [-0.3, -0.25) is 9.59 Å². The third-order valence-corrected chi connectivity index (χ3v) is 4.75. The largest absolute Gasteiger partial charge is 0.573 e. The lowest BCUT2D eigenvalue weighted by Gasteiger charge is -2.13. The van der Waals surface area contributed by atoms with Crippen LogP contribution >= 0.6 is 0 Å². The summed E-state index contributed by atoms with van der Waals surface area (Å²) in [5.74, 6) is -1.60. The summed E-state index contributed by atoms with van der Waals surface area (Å²) in [6.45, 7) is 3.81. The van der Waals surface area contributed by atoms with E-state index in [1.54, 1.807) is 24.3 Å². The number of benzene rings is 2. The third-order valence-electron chi connectivity index (χ3n) is 4.75. The van der Waals surface area contributed by atoms with E-state index < -0.39 is 18.0 Å². The number of carbonyl (C=O) groups excluding carboxylic acids is 2. The van der Waals surface area contributed by atoms with Crippen molar-refractivity contribution in [2.45, 2.75) is 33.1 Å². The first-order valence-corrected chi connectivity index (χ1v) is 9.71. The molecular weight excluding hydrogens is 413 g/mol. The molecule has 1 aromatic heterocycles. The van der Waals surface area contributed by atoms with Gasteiger partial charge in [0.25, 0.3) is 5.91 Å². The van der Waals surface area contributed by atoms with E-state index >= 15 is 0 Å². The molecule has 0 unspecified atom stereocenters. The molecule has 0 aliphatic rings. The molecule has 0 saturated carbocycles. The van der Waals surface area contributed by atoms with E-state index in [1.165, 1.54) is 12.1 Å². The van der Waals surface area contributed by atoms with Crippen molar-refractivity contribution in [1.82, 2.24) is 0 Å². The molecule has 0 spiro atoms. The van der Waals surface area contributed by atoms with E-state index in [9.17, 15) is 22.8 Å². The highest BCUT2D eigenvalue weighted by atomic mass is 19.4. The second kappa shape index (κ2) is 9.11. The number of amides is 2. The standard InChI is InChI=1S/C22H21F3N2O4/c1-3-13(4-2)20(28)27-18-16-7-5-6-8-17(16)30-19(18)21(29)26-14-9-11-15(12-10-14)31-22(23,24)25/h5-13H,3-4H2,1-2H3,(H,26,29)(H,27,28). The lowest BCUT2D eigenvalue weighted by molar-refractivity contribution is -0.274. The first-order chi connectivity index (χ1) is 14.7. The maximum absolute atomic E-state index is 12.8. The Balaban J connectivity index is 1.86. The van der Waals surface area contributed by atoms with Crippen LogP contribution in [0, 0.1) is 5.92 Å². The van der Waals surface area contributed by atoms with Gasteiger partial charge in [-0.05, 0) is 49.2 Å². The molecule has 0 saturated heterocycles. The van der Waals surface area contributed by atoms with Gasteiger partial charge in [0, 0.05) is 17.0 Å². The van der Waals surface area contributed by atoms with Crippen molar-refractivity contribution in [3.63, 3.8) is 0 Å². The minimum atomic E-state index is -4.80. The van der Waals surface area contributed by atoms with Gasteiger partial charge < -0.3 is 19.8 Å². The Labute approximate surface area is 176 Å². The number of halogens is 3. The van der Waals surface area contributed by atoms with Crippen molar-refractivity contribution in [2.75, 3.05) is 10.6 Å². The van der Waals surface area contributed by atoms with Gasteiger partial charge in [0.1, 0.15) is 17.0 Å². The van der Waals surface area contributed by atoms with Gasteiger partial charge in [0.2, 0.25) is 11.7 Å². The molecule has 0 aliphatic carbocycles. The van der Waals surface area contributed by atoms with Crippen molar-refractivity contribution in [2.24, 2.45) is 5.92 Å². The molecule has 3 aromatic rings. The summed E-state index contributed by atoms with van der Waals surface area (Å²) in [6, 6.07) is 11.6. The Kier molecular flexibility index (Phi) is 6.53. The molecule has 1 heterocycles. The Morgan fingerprint density at radius 1 is 1.00 bits per heavy atom. The molecule has 2 N–H and O–H groups in total. The minimum Gasteiger partial charge on any atom is -0.449 e. The van der Waals surface area contributed by atoms with Gasteiger partial charge in [-0.15, -0.1) is 13.2 Å². The molecule has 164 valence electrons. The zero-order valence-corrected chi connectivity index (χ0v) is 16.9. The first-order valence-electron chi connectivity index (χ1n) is 9.71. The lowest BCUT2D eigenvalue weighted by atomic mass is 10.0. The maximum atomic E-state index is 12.8. The summed E-state index contributed by atoms with van der Waals surface area (Å²) in [7, 11) is 0. The summed E-state index contributed by atoms with van der Waals surface area (Å²) in [6.07, 6.45) is -3.51. The fourth-order valence-corrected chi connectivity index (χ4v) is 3.14. The van der Waals surface area contributed by atoms with E-state index in [4.69, 9.17) is 4.42 Å². The van der Waals surface area contributed by atoms with Gasteiger partial charge in [0.15, 0.2) is 0 Å². The molecule has 0 radical (unpaired) electrons. The monoisotopic (exact) mass is 434 g/mol. The summed E-state index contributed by atoms with van der Waals surface area (Å²) >= 11 is 0. The van der Waals surface area contributed by atoms with Crippen molar-refractivity contribution in [1.29, 1.82) is 0 Å². The van der Waals surface area contributed by atoms with E-state index in [1.807, 2.05) is 13.8 Å².